The van der Waals surface area contributed by atoms with E-state index in [2.05, 4.69) is 21.3 Å². The minimum absolute atomic E-state index is 0.236. The van der Waals surface area contributed by atoms with Gasteiger partial charge in [0.15, 0.2) is 0 Å². The lowest BCUT2D eigenvalue weighted by molar-refractivity contribution is 0.203. The van der Waals surface area contributed by atoms with E-state index < -0.39 is 0 Å². The fourth-order valence-corrected chi connectivity index (χ4v) is 2.21. The summed E-state index contributed by atoms with van der Waals surface area (Å²) in [5.41, 5.74) is 2.12. The van der Waals surface area contributed by atoms with Crippen LogP contribution < -0.4 is 5.32 Å². The first-order chi connectivity index (χ1) is 8.28. The van der Waals surface area contributed by atoms with Crippen molar-refractivity contribution in [1.82, 2.24) is 9.88 Å². The Morgan fingerprint density at radius 2 is 2.18 bits per heavy atom. The highest BCUT2D eigenvalue weighted by Crippen LogP contribution is 2.15. The Morgan fingerprint density at radius 1 is 1.41 bits per heavy atom. The zero-order valence-electron chi connectivity index (χ0n) is 10.3. The van der Waals surface area contributed by atoms with Crippen molar-refractivity contribution in [3.8, 4) is 0 Å². The number of aryl methyl sites for hydroxylation is 1. The molecule has 3 nitrogen and oxygen atoms in total. The number of halogens is 1. The molecule has 1 aliphatic rings. The number of likely N-dealkylation sites (tertiary alicyclic amines) is 1. The smallest absolute Gasteiger partial charge is 0.102 e. The second-order valence-electron chi connectivity index (χ2n) is 4.64. The number of rotatable bonds is 4. The Balaban J connectivity index is 1.79. The Hall–Kier alpha value is -1.16. The first kappa shape index (κ1) is 12.3. The zero-order chi connectivity index (χ0) is 12.1. The highest BCUT2D eigenvalue weighted by atomic mass is 19.1. The lowest BCUT2D eigenvalue weighted by Gasteiger charge is -2.32. The van der Waals surface area contributed by atoms with Gasteiger partial charge >= 0.3 is 0 Å². The van der Waals surface area contributed by atoms with Crippen LogP contribution in [-0.4, -0.2) is 42.2 Å². The molecule has 1 aromatic rings. The average molecular weight is 237 g/mol. The number of nitrogens with one attached hydrogen (secondary N) is 1. The number of nitrogens with zero attached hydrogens (tertiary/aromatic N) is 2. The molecular formula is C13H20FN3. The van der Waals surface area contributed by atoms with E-state index >= 15 is 0 Å². The predicted octanol–water partition coefficient (Wildman–Crippen LogP) is 2.24. The van der Waals surface area contributed by atoms with Crippen molar-refractivity contribution in [2.45, 2.75) is 25.8 Å². The van der Waals surface area contributed by atoms with E-state index in [1.807, 2.05) is 19.2 Å². The summed E-state index contributed by atoms with van der Waals surface area (Å²) in [7, 11) is 0. The van der Waals surface area contributed by atoms with Crippen LogP contribution in [0.15, 0.2) is 18.3 Å². The van der Waals surface area contributed by atoms with Gasteiger partial charge in [0.05, 0.1) is 11.9 Å². The third-order valence-electron chi connectivity index (χ3n) is 3.27. The molecule has 0 atom stereocenters. The molecule has 0 spiro atoms. The fourth-order valence-electron chi connectivity index (χ4n) is 2.21. The maximum Gasteiger partial charge on any atom is 0.102 e. The van der Waals surface area contributed by atoms with Gasteiger partial charge in [0, 0.05) is 31.4 Å². The molecule has 0 saturated carbocycles. The van der Waals surface area contributed by atoms with Crippen LogP contribution in [0.25, 0.3) is 0 Å². The Kier molecular flexibility index (Phi) is 4.31. The van der Waals surface area contributed by atoms with Crippen LogP contribution in [0, 0.1) is 6.92 Å². The van der Waals surface area contributed by atoms with Gasteiger partial charge in [-0.25, -0.2) is 4.39 Å². The molecule has 1 fully saturated rings. The monoisotopic (exact) mass is 237 g/mol. The summed E-state index contributed by atoms with van der Waals surface area (Å²) in [6, 6.07) is 4.58. The molecule has 94 valence electrons. The lowest BCUT2D eigenvalue weighted by atomic mass is 10.0. The van der Waals surface area contributed by atoms with Crippen molar-refractivity contribution in [2.75, 3.05) is 31.6 Å². The van der Waals surface area contributed by atoms with Gasteiger partial charge in [-0.3, -0.25) is 4.98 Å². The van der Waals surface area contributed by atoms with Crippen molar-refractivity contribution in [2.24, 2.45) is 0 Å². The van der Waals surface area contributed by atoms with Crippen LogP contribution in [0.3, 0.4) is 0 Å². The molecule has 1 aromatic heterocycles. The van der Waals surface area contributed by atoms with Crippen LogP contribution in [0.5, 0.6) is 0 Å². The van der Waals surface area contributed by atoms with Gasteiger partial charge in [-0.2, -0.15) is 0 Å². The van der Waals surface area contributed by atoms with Gasteiger partial charge in [-0.1, -0.05) is 0 Å². The Bertz CT molecular complexity index is 331. The molecular weight excluding hydrogens is 217 g/mol. The molecule has 0 amide bonds. The summed E-state index contributed by atoms with van der Waals surface area (Å²) >= 11 is 0. The van der Waals surface area contributed by atoms with Gasteiger partial charge < -0.3 is 10.2 Å². The zero-order valence-corrected chi connectivity index (χ0v) is 10.3. The maximum atomic E-state index is 12.2. The Morgan fingerprint density at radius 3 is 2.76 bits per heavy atom. The van der Waals surface area contributed by atoms with Crippen LogP contribution in [0.2, 0.25) is 0 Å². The molecule has 0 aliphatic carbocycles. The molecule has 0 aromatic carbocycles. The van der Waals surface area contributed by atoms with Crippen LogP contribution in [0.1, 0.15) is 18.5 Å². The molecule has 0 bridgehead atoms. The second kappa shape index (κ2) is 5.96. The number of hydrogen-bond acceptors (Lipinski definition) is 3. The molecule has 4 heteroatoms. The van der Waals surface area contributed by atoms with Gasteiger partial charge in [0.1, 0.15) is 6.67 Å². The minimum Gasteiger partial charge on any atom is -0.381 e. The summed E-state index contributed by atoms with van der Waals surface area (Å²) in [5, 5.41) is 3.49. The SMILES string of the molecule is Cc1ccc(NC2CCN(CCF)CC2)cn1. The minimum atomic E-state index is -0.236. The normalized spacial score (nSPS) is 18.2. The third kappa shape index (κ3) is 3.66. The van der Waals surface area contributed by atoms with Crippen molar-refractivity contribution in [3.63, 3.8) is 0 Å². The highest BCUT2D eigenvalue weighted by molar-refractivity contribution is 5.41. The third-order valence-corrected chi connectivity index (χ3v) is 3.27. The molecule has 1 N–H and O–H groups in total. The number of anilines is 1. The van der Waals surface area contributed by atoms with Crippen molar-refractivity contribution in [1.29, 1.82) is 0 Å². The number of aromatic nitrogens is 1. The fraction of sp³-hybridized carbons (Fsp3) is 0.615. The average Bonchev–Trinajstić information content (AvgIpc) is 2.35. The first-order valence-electron chi connectivity index (χ1n) is 6.25. The molecule has 0 unspecified atom stereocenters. The standard InChI is InChI=1S/C13H20FN3/c1-11-2-3-13(10-15-11)16-12-4-7-17(8-5-12)9-6-14/h2-3,10,12,16H,4-9H2,1H3. The van der Waals surface area contributed by atoms with Crippen LogP contribution >= 0.6 is 0 Å². The van der Waals surface area contributed by atoms with E-state index in [1.165, 1.54) is 0 Å². The van der Waals surface area contributed by atoms with E-state index in [-0.39, 0.29) is 6.67 Å². The molecule has 1 saturated heterocycles. The molecule has 2 heterocycles. The second-order valence-corrected chi connectivity index (χ2v) is 4.64. The summed E-state index contributed by atoms with van der Waals surface area (Å²) in [5.74, 6) is 0. The number of pyridine rings is 1. The number of hydrogen-bond donors (Lipinski definition) is 1. The van der Waals surface area contributed by atoms with Gasteiger partial charge in [-0.05, 0) is 31.9 Å². The maximum absolute atomic E-state index is 12.2. The number of piperidine rings is 1. The van der Waals surface area contributed by atoms with Gasteiger partial charge in [0.2, 0.25) is 0 Å². The first-order valence-corrected chi connectivity index (χ1v) is 6.25. The summed E-state index contributed by atoms with van der Waals surface area (Å²) in [6.07, 6.45) is 4.03. The largest absolute Gasteiger partial charge is 0.381 e. The summed E-state index contributed by atoms with van der Waals surface area (Å²) in [4.78, 5) is 6.45. The van der Waals surface area contributed by atoms with Crippen molar-refractivity contribution >= 4 is 5.69 Å². The van der Waals surface area contributed by atoms with E-state index in [4.69, 9.17) is 0 Å². The highest BCUT2D eigenvalue weighted by Gasteiger charge is 2.18. The van der Waals surface area contributed by atoms with Crippen molar-refractivity contribution in [3.05, 3.63) is 24.0 Å². The van der Waals surface area contributed by atoms with E-state index in [0.29, 0.717) is 12.6 Å². The number of alkyl halides is 1. The van der Waals surface area contributed by atoms with Gasteiger partial charge in [0.25, 0.3) is 0 Å². The summed E-state index contributed by atoms with van der Waals surface area (Å²) < 4.78 is 12.2. The van der Waals surface area contributed by atoms with E-state index in [1.54, 1.807) is 0 Å². The predicted molar refractivity (Wildman–Crippen MR) is 68.0 cm³/mol. The van der Waals surface area contributed by atoms with Gasteiger partial charge in [-0.15, -0.1) is 0 Å². The quantitative estimate of drug-likeness (QED) is 0.870. The molecule has 2 rings (SSSR count). The summed E-state index contributed by atoms with van der Waals surface area (Å²) in [6.45, 7) is 4.31. The van der Waals surface area contributed by atoms with Crippen LogP contribution in [0.4, 0.5) is 10.1 Å². The molecule has 0 radical (unpaired) electrons. The van der Waals surface area contributed by atoms with Crippen molar-refractivity contribution < 1.29 is 4.39 Å². The lowest BCUT2D eigenvalue weighted by Crippen LogP contribution is -2.40. The van der Waals surface area contributed by atoms with E-state index in [9.17, 15) is 4.39 Å². The topological polar surface area (TPSA) is 28.2 Å². The Labute approximate surface area is 102 Å². The molecule has 17 heavy (non-hydrogen) atoms. The molecule has 1 aliphatic heterocycles. The van der Waals surface area contributed by atoms with Crippen LogP contribution in [-0.2, 0) is 0 Å². The van der Waals surface area contributed by atoms with E-state index in [0.717, 1.165) is 37.3 Å².